The normalized spacial score (nSPS) is 13.4. The van der Waals surface area contributed by atoms with Crippen molar-refractivity contribution in [3.63, 3.8) is 0 Å². The molecule has 0 spiro atoms. The van der Waals surface area contributed by atoms with Crippen molar-refractivity contribution in [2.75, 3.05) is 0 Å². The van der Waals surface area contributed by atoms with Crippen molar-refractivity contribution in [3.05, 3.63) is 34.4 Å². The molecule has 0 N–H and O–H groups in total. The smallest absolute Gasteiger partial charge is 0.285 e. The molecule has 0 saturated carbocycles. The van der Waals surface area contributed by atoms with Crippen LogP contribution in [0.15, 0.2) is 12.1 Å². The lowest BCUT2D eigenvalue weighted by Gasteiger charge is -2.21. The first kappa shape index (κ1) is 16.3. The molecule has 1 aromatic carbocycles. The molecular formula is C10H2F9O. The van der Waals surface area contributed by atoms with E-state index < -0.39 is 40.8 Å². The third kappa shape index (κ3) is 3.05. The predicted molar refractivity (Wildman–Crippen MR) is 46.2 cm³/mol. The second kappa shape index (κ2) is 4.67. The molecule has 0 fully saturated rings. The molecule has 0 aromatic heterocycles. The Morgan fingerprint density at radius 3 is 1.45 bits per heavy atom. The van der Waals surface area contributed by atoms with Crippen LogP contribution in [0.1, 0.15) is 22.3 Å². The third-order valence-electron chi connectivity index (χ3n) is 2.19. The van der Waals surface area contributed by atoms with Crippen LogP contribution in [0.25, 0.3) is 0 Å². The Labute approximate surface area is 105 Å². The van der Waals surface area contributed by atoms with Gasteiger partial charge < -0.3 is 0 Å². The van der Waals surface area contributed by atoms with Gasteiger partial charge in [0, 0.05) is 5.56 Å². The average Bonchev–Trinajstić information content (AvgIpc) is 2.23. The number of hydrogen-bond donors (Lipinski definition) is 0. The zero-order valence-corrected chi connectivity index (χ0v) is 8.96. The number of benzene rings is 1. The van der Waals surface area contributed by atoms with E-state index in [0.29, 0.717) is 6.29 Å². The Bertz CT molecular complexity index is 521. The Hall–Kier alpha value is -1.74. The number of alkyl halides is 9. The summed E-state index contributed by atoms with van der Waals surface area (Å²) in [6.45, 7) is 0. The molecule has 1 radical (unpaired) electrons. The van der Waals surface area contributed by atoms with E-state index in [2.05, 4.69) is 0 Å². The van der Waals surface area contributed by atoms with Gasteiger partial charge in [-0.25, -0.2) is 0 Å². The molecule has 0 saturated heterocycles. The first-order chi connectivity index (χ1) is 8.80. The molecular weight excluding hydrogens is 307 g/mol. The van der Waals surface area contributed by atoms with Gasteiger partial charge in [0.15, 0.2) is 0 Å². The summed E-state index contributed by atoms with van der Waals surface area (Å²) in [4.78, 5) is 10.2. The lowest BCUT2D eigenvalue weighted by atomic mass is 9.95. The number of carbonyl (C=O) groups excluding carboxylic acids is 1. The van der Waals surface area contributed by atoms with Crippen LogP contribution in [0.5, 0.6) is 0 Å². The molecule has 20 heavy (non-hydrogen) atoms. The van der Waals surface area contributed by atoms with Crippen LogP contribution in [-0.2, 0) is 23.3 Å². The van der Waals surface area contributed by atoms with Crippen molar-refractivity contribution < 1.29 is 44.3 Å². The molecule has 0 bridgehead atoms. The van der Waals surface area contributed by atoms with Gasteiger partial charge in [0.2, 0.25) is 6.29 Å². The van der Waals surface area contributed by atoms with E-state index in [9.17, 15) is 44.3 Å². The van der Waals surface area contributed by atoms with Crippen LogP contribution in [0.2, 0.25) is 0 Å². The van der Waals surface area contributed by atoms with E-state index in [0.717, 1.165) is 0 Å². The number of hydrogen-bond acceptors (Lipinski definition) is 1. The van der Waals surface area contributed by atoms with Gasteiger partial charge in [0.1, 0.15) is 0 Å². The van der Waals surface area contributed by atoms with Gasteiger partial charge in [-0.3, -0.25) is 4.79 Å². The van der Waals surface area contributed by atoms with Crippen molar-refractivity contribution in [1.82, 2.24) is 0 Å². The second-order valence-electron chi connectivity index (χ2n) is 3.51. The van der Waals surface area contributed by atoms with E-state index >= 15 is 0 Å². The maximum absolute atomic E-state index is 12.6. The molecule has 111 valence electrons. The van der Waals surface area contributed by atoms with Gasteiger partial charge in [-0.2, -0.15) is 39.5 Å². The molecule has 0 amide bonds. The van der Waals surface area contributed by atoms with Gasteiger partial charge >= 0.3 is 18.5 Å². The van der Waals surface area contributed by atoms with E-state index in [1.54, 1.807) is 0 Å². The van der Waals surface area contributed by atoms with Crippen LogP contribution in [0, 0.1) is 0 Å². The SMILES string of the molecule is O=[C]c1ccc(C(F)(F)F)c(C(F)(F)F)c1C(F)(F)F. The minimum Gasteiger partial charge on any atom is -0.285 e. The predicted octanol–water partition coefficient (Wildman–Crippen LogP) is 4.20. The molecule has 10 heteroatoms. The zero-order chi connectivity index (χ0) is 15.9. The minimum atomic E-state index is -5.94. The highest BCUT2D eigenvalue weighted by molar-refractivity contribution is 5.79. The molecule has 0 atom stereocenters. The van der Waals surface area contributed by atoms with E-state index in [-0.39, 0.29) is 12.1 Å². The van der Waals surface area contributed by atoms with Crippen LogP contribution < -0.4 is 0 Å². The topological polar surface area (TPSA) is 17.1 Å². The van der Waals surface area contributed by atoms with Crippen molar-refractivity contribution in [2.24, 2.45) is 0 Å². The molecule has 1 aromatic rings. The summed E-state index contributed by atoms with van der Waals surface area (Å²) in [5.74, 6) is 0. The number of rotatable bonds is 1. The van der Waals surface area contributed by atoms with Crippen molar-refractivity contribution >= 4 is 6.29 Å². The van der Waals surface area contributed by atoms with Crippen molar-refractivity contribution in [3.8, 4) is 0 Å². The monoisotopic (exact) mass is 309 g/mol. The van der Waals surface area contributed by atoms with E-state index in [4.69, 9.17) is 0 Å². The van der Waals surface area contributed by atoms with Crippen LogP contribution in [0.3, 0.4) is 0 Å². The second-order valence-corrected chi connectivity index (χ2v) is 3.51. The quantitative estimate of drug-likeness (QED) is 0.711. The van der Waals surface area contributed by atoms with Gasteiger partial charge in [-0.15, -0.1) is 0 Å². The highest BCUT2D eigenvalue weighted by Crippen LogP contribution is 2.47. The highest BCUT2D eigenvalue weighted by atomic mass is 19.4. The maximum atomic E-state index is 12.6. The van der Waals surface area contributed by atoms with Crippen molar-refractivity contribution in [1.29, 1.82) is 0 Å². The van der Waals surface area contributed by atoms with Gasteiger partial charge in [0.05, 0.1) is 16.7 Å². The molecule has 0 unspecified atom stereocenters. The van der Waals surface area contributed by atoms with Crippen molar-refractivity contribution in [2.45, 2.75) is 18.5 Å². The lowest BCUT2D eigenvalue weighted by molar-refractivity contribution is -0.174. The molecule has 0 aliphatic carbocycles. The Morgan fingerprint density at radius 2 is 1.15 bits per heavy atom. The molecule has 0 heterocycles. The fourth-order valence-electron chi connectivity index (χ4n) is 1.51. The summed E-state index contributed by atoms with van der Waals surface area (Å²) in [5.41, 5.74) is -9.80. The summed E-state index contributed by atoms with van der Waals surface area (Å²) >= 11 is 0. The largest absolute Gasteiger partial charge is 0.417 e. The summed E-state index contributed by atoms with van der Waals surface area (Å²) < 4.78 is 113. The molecule has 1 nitrogen and oxygen atoms in total. The maximum Gasteiger partial charge on any atom is 0.417 e. The number of halogens is 9. The Morgan fingerprint density at radius 1 is 0.700 bits per heavy atom. The molecule has 0 aliphatic rings. The average molecular weight is 309 g/mol. The van der Waals surface area contributed by atoms with E-state index in [1.165, 1.54) is 0 Å². The third-order valence-corrected chi connectivity index (χ3v) is 2.19. The first-order valence-corrected chi connectivity index (χ1v) is 4.57. The fourth-order valence-corrected chi connectivity index (χ4v) is 1.51. The Kier molecular flexibility index (Phi) is 3.81. The standard InChI is InChI=1S/C10H2F9O/c11-8(12,13)5-2-1-4(3-20)6(9(14,15)16)7(5)10(17,18)19/h1-2H. The summed E-state index contributed by atoms with van der Waals surface area (Å²) in [6.07, 6.45) is -16.8. The van der Waals surface area contributed by atoms with Crippen LogP contribution in [0.4, 0.5) is 39.5 Å². The minimum absolute atomic E-state index is 0.00606. The molecule has 0 aliphatic heterocycles. The molecule has 1 rings (SSSR count). The lowest BCUT2D eigenvalue weighted by Crippen LogP contribution is -2.24. The van der Waals surface area contributed by atoms with Crippen LogP contribution in [-0.4, -0.2) is 6.29 Å². The highest BCUT2D eigenvalue weighted by Gasteiger charge is 2.51. The Balaban J connectivity index is 3.91. The summed E-state index contributed by atoms with van der Waals surface area (Å²) in [7, 11) is 0. The zero-order valence-electron chi connectivity index (χ0n) is 8.96. The fraction of sp³-hybridized carbons (Fsp3) is 0.300. The van der Waals surface area contributed by atoms with E-state index in [1.807, 2.05) is 0 Å². The summed E-state index contributed by atoms with van der Waals surface area (Å²) in [6, 6.07) is -0.244. The van der Waals surface area contributed by atoms with Gasteiger partial charge in [-0.05, 0) is 12.1 Å². The summed E-state index contributed by atoms with van der Waals surface area (Å²) in [5, 5.41) is 0. The van der Waals surface area contributed by atoms with Gasteiger partial charge in [-0.1, -0.05) is 0 Å². The van der Waals surface area contributed by atoms with Gasteiger partial charge in [0.25, 0.3) is 0 Å². The van der Waals surface area contributed by atoms with Crippen LogP contribution >= 0.6 is 0 Å². The first-order valence-electron chi connectivity index (χ1n) is 4.57.